The first-order valence-electron chi connectivity index (χ1n) is 30.2. The van der Waals surface area contributed by atoms with Gasteiger partial charge in [0, 0.05) is 61.2 Å². The number of benzene rings is 5. The van der Waals surface area contributed by atoms with Gasteiger partial charge in [0.15, 0.2) is 11.1 Å². The molecular formula is C67H64N12O17. The summed E-state index contributed by atoms with van der Waals surface area (Å²) in [4.78, 5) is 147. The third-order valence-corrected chi connectivity index (χ3v) is 17.8. The summed E-state index contributed by atoms with van der Waals surface area (Å²) in [6, 6.07) is 30.5. The van der Waals surface area contributed by atoms with Gasteiger partial charge >= 0.3 is 24.1 Å². The van der Waals surface area contributed by atoms with Gasteiger partial charge in [0.25, 0.3) is 41.4 Å². The zero-order valence-electron chi connectivity index (χ0n) is 52.4. The van der Waals surface area contributed by atoms with E-state index in [9.17, 15) is 52.7 Å². The molecule has 0 spiro atoms. The monoisotopic (exact) mass is 1310 g/mol. The van der Waals surface area contributed by atoms with Crippen LogP contribution in [-0.2, 0) is 66.6 Å². The van der Waals surface area contributed by atoms with Gasteiger partial charge in [-0.3, -0.25) is 59.8 Å². The predicted molar refractivity (Wildman–Crippen MR) is 336 cm³/mol. The summed E-state index contributed by atoms with van der Waals surface area (Å²) >= 11 is 0. The van der Waals surface area contributed by atoms with E-state index in [1.807, 2.05) is 24.3 Å². The summed E-state index contributed by atoms with van der Waals surface area (Å²) < 4.78 is 32.2. The number of pyridine rings is 1. The molecule has 4 saturated heterocycles. The van der Waals surface area contributed by atoms with Crippen LogP contribution >= 0.6 is 0 Å². The van der Waals surface area contributed by atoms with Gasteiger partial charge in [-0.2, -0.15) is 0 Å². The number of aryl methyl sites for hydroxylation is 1. The smallest absolute Gasteiger partial charge is 0.322 e. The van der Waals surface area contributed by atoms with E-state index < -0.39 is 69.9 Å². The van der Waals surface area contributed by atoms with Crippen LogP contribution in [0.3, 0.4) is 0 Å². The highest BCUT2D eigenvalue weighted by atomic mass is 16.5. The first-order valence-corrected chi connectivity index (χ1v) is 30.2. The standard InChI is InChI=1S/C25H21N5O7.C22H23N3O6.C20H20N4O4/c1-24(20(32)26-22(34)28-24)14-4-6-17-13(7-14)8-18(37-17)25(21(33)27-23(35)29-25)11-30-10-12-3-5-15(36-2)9-16(12)19(30)31;1-29-9-10-31-16-7-4-15(5-8-16)22(20(27)23-21(28)24-22)13-25-12-14-3-6-17(30-2)11-18(14)19(25)26;1-28-15-5-4-14-11-24(17(25)16(14)9-15)12-20(18(26)22-19(27)23-20)7-6-13-3-2-8-21-10-13/h3-9H,10-11H2,1-2H3,(H2,26,28,32,34)(H2,27,29,33,35);3-8,11H,9-10,12-13H2,1-2H3,(H2,23,24,27,28);2-5,8-10H,6-7,11-12H2,1H3,(H2,22,23,26,27)/t24?,25-;22-;20-/m001/s1. The maximum atomic E-state index is 13.2. The lowest BCUT2D eigenvalue weighted by Crippen LogP contribution is -2.55. The number of nitrogens with zero attached hydrogens (tertiary/aromatic N) is 4. The quantitative estimate of drug-likeness (QED) is 0.0421. The molecular weight excluding hydrogens is 1240 g/mol. The van der Waals surface area contributed by atoms with Crippen LogP contribution in [0.4, 0.5) is 19.2 Å². The number of nitrogens with one attached hydrogen (secondary N) is 8. The molecule has 5 aromatic carbocycles. The fraction of sp³-hybridized carbons (Fsp3) is 0.284. The van der Waals surface area contributed by atoms with Gasteiger partial charge < -0.3 is 64.1 Å². The van der Waals surface area contributed by atoms with E-state index in [1.54, 1.807) is 134 Å². The Hall–Kier alpha value is -11.9. The van der Waals surface area contributed by atoms with E-state index in [-0.39, 0.29) is 49.7 Å². The van der Waals surface area contributed by atoms with Gasteiger partial charge in [0.1, 0.15) is 52.0 Å². The van der Waals surface area contributed by atoms with Crippen LogP contribution in [0.2, 0.25) is 0 Å². The molecule has 0 radical (unpaired) electrons. The van der Waals surface area contributed by atoms with Crippen molar-refractivity contribution < 1.29 is 80.8 Å². The minimum Gasteiger partial charge on any atom is -0.497 e. The van der Waals surface area contributed by atoms with Gasteiger partial charge in [-0.15, -0.1) is 0 Å². The average Bonchev–Trinajstić information content (AvgIpc) is 1.59. The Morgan fingerprint density at radius 2 is 0.979 bits per heavy atom. The normalized spacial score (nSPS) is 22.0. The van der Waals surface area contributed by atoms with Crippen molar-refractivity contribution in [2.24, 2.45) is 0 Å². The summed E-state index contributed by atoms with van der Waals surface area (Å²) in [5.41, 5.74) is 0.896. The molecule has 494 valence electrons. The minimum atomic E-state index is -1.68. The van der Waals surface area contributed by atoms with Crippen molar-refractivity contribution in [1.82, 2.24) is 62.2 Å². The summed E-state index contributed by atoms with van der Waals surface area (Å²) in [6.45, 7) is 3.29. The summed E-state index contributed by atoms with van der Waals surface area (Å²) in [6.07, 6.45) is 4.31. The first-order chi connectivity index (χ1) is 46.1. The van der Waals surface area contributed by atoms with Gasteiger partial charge in [0.05, 0.1) is 47.6 Å². The molecule has 0 saturated carbocycles. The molecule has 7 aliphatic heterocycles. The molecule has 8 N–H and O–H groups in total. The molecule has 15 amide bonds. The maximum absolute atomic E-state index is 13.2. The molecule has 29 nitrogen and oxygen atoms in total. The van der Waals surface area contributed by atoms with Crippen LogP contribution in [0.5, 0.6) is 23.0 Å². The molecule has 2 aromatic heterocycles. The van der Waals surface area contributed by atoms with Crippen molar-refractivity contribution in [3.05, 3.63) is 183 Å². The number of fused-ring (bicyclic) bond motifs is 4. The maximum Gasteiger partial charge on any atom is 0.322 e. The fourth-order valence-electron chi connectivity index (χ4n) is 12.6. The molecule has 7 aromatic rings. The van der Waals surface area contributed by atoms with Crippen LogP contribution in [0.15, 0.2) is 132 Å². The van der Waals surface area contributed by atoms with E-state index in [2.05, 4.69) is 47.5 Å². The topological polar surface area (TPSA) is 366 Å². The van der Waals surface area contributed by atoms with Gasteiger partial charge in [0.2, 0.25) is 0 Å². The van der Waals surface area contributed by atoms with Gasteiger partial charge in [-0.05, 0) is 126 Å². The number of imide groups is 4. The second-order valence-electron chi connectivity index (χ2n) is 23.8. The number of carbonyl (C=O) groups is 11. The van der Waals surface area contributed by atoms with E-state index in [1.165, 1.54) is 19.1 Å². The third-order valence-electron chi connectivity index (χ3n) is 17.8. The number of rotatable bonds is 19. The minimum absolute atomic E-state index is 0.00964. The number of aromatic nitrogens is 1. The van der Waals surface area contributed by atoms with Gasteiger partial charge in [-0.25, -0.2) is 19.2 Å². The van der Waals surface area contributed by atoms with Crippen LogP contribution in [0, 0.1) is 0 Å². The molecule has 4 fully saturated rings. The fourth-order valence-corrected chi connectivity index (χ4v) is 12.6. The highest BCUT2D eigenvalue weighted by Crippen LogP contribution is 2.39. The molecule has 4 atom stereocenters. The summed E-state index contributed by atoms with van der Waals surface area (Å²) in [7, 11) is 6.18. The number of hydrogen-bond acceptors (Lipinski definition) is 18. The van der Waals surface area contributed by atoms with Crippen molar-refractivity contribution in [2.75, 3.05) is 61.3 Å². The first kappa shape index (κ1) is 64.2. The third kappa shape index (κ3) is 12.0. The number of urea groups is 4. The van der Waals surface area contributed by atoms with E-state index >= 15 is 0 Å². The number of methoxy groups -OCH3 is 4. The Kier molecular flexibility index (Phi) is 17.1. The Morgan fingerprint density at radius 3 is 1.46 bits per heavy atom. The molecule has 96 heavy (non-hydrogen) atoms. The number of hydrogen-bond donors (Lipinski definition) is 8. The number of amides is 15. The van der Waals surface area contributed by atoms with Gasteiger partial charge in [-0.1, -0.05) is 42.5 Å². The molecule has 7 aliphatic rings. The zero-order valence-corrected chi connectivity index (χ0v) is 52.4. The van der Waals surface area contributed by atoms with Crippen molar-refractivity contribution in [1.29, 1.82) is 0 Å². The largest absolute Gasteiger partial charge is 0.497 e. The lowest BCUT2D eigenvalue weighted by atomic mass is 9.89. The number of furan rings is 1. The molecule has 0 bridgehead atoms. The molecule has 1 unspecified atom stereocenters. The predicted octanol–water partition coefficient (Wildman–Crippen LogP) is 3.85. The van der Waals surface area contributed by atoms with Crippen molar-refractivity contribution in [3.63, 3.8) is 0 Å². The van der Waals surface area contributed by atoms with Crippen LogP contribution in [0.1, 0.15) is 83.6 Å². The zero-order chi connectivity index (χ0) is 67.8. The summed E-state index contributed by atoms with van der Waals surface area (Å²) in [5, 5.41) is 20.3. The van der Waals surface area contributed by atoms with E-state index in [0.717, 1.165) is 22.3 Å². The van der Waals surface area contributed by atoms with Crippen LogP contribution in [-0.4, -0.2) is 152 Å². The SMILES string of the molecule is COCCOc1ccc([C@]2(CN3Cc4ccc(OC)cc4C3=O)NC(=O)NC2=O)cc1.COc1ccc2c(c1)C(=O)N(C[C@@]1(CCc3cccnc3)NC(=O)NC1=O)C2.COc1ccc2c(c1)C(=O)N(C[C@@]1(c3cc4cc(C5(C)NC(=O)NC5=O)ccc4o3)NC(=O)NC1=O)C2. The second-order valence-corrected chi connectivity index (χ2v) is 23.8. The van der Waals surface area contributed by atoms with E-state index in [4.69, 9.17) is 28.1 Å². The molecule has 9 heterocycles. The molecule has 0 aliphatic carbocycles. The second kappa shape index (κ2) is 25.5. The van der Waals surface area contributed by atoms with E-state index in [0.29, 0.717) is 101 Å². The lowest BCUT2D eigenvalue weighted by molar-refractivity contribution is -0.126. The highest BCUT2D eigenvalue weighted by molar-refractivity contribution is 6.11. The van der Waals surface area contributed by atoms with Crippen molar-refractivity contribution in [2.45, 2.75) is 61.6 Å². The highest BCUT2D eigenvalue weighted by Gasteiger charge is 2.55. The lowest BCUT2D eigenvalue weighted by Gasteiger charge is -2.31. The van der Waals surface area contributed by atoms with Crippen molar-refractivity contribution >= 4 is 76.4 Å². The Bertz CT molecular complexity index is 4390. The number of carbonyl (C=O) groups excluding carboxylic acids is 11. The number of ether oxygens (including phenoxy) is 5. The average molecular weight is 1310 g/mol. The Morgan fingerprint density at radius 1 is 0.490 bits per heavy atom. The molecule has 14 rings (SSSR count). The van der Waals surface area contributed by atoms with Crippen LogP contribution in [0.25, 0.3) is 11.0 Å². The summed E-state index contributed by atoms with van der Waals surface area (Å²) in [5.74, 6) is -0.338. The Balaban J connectivity index is 0.000000139. The van der Waals surface area contributed by atoms with Crippen molar-refractivity contribution in [3.8, 4) is 23.0 Å². The molecule has 29 heteroatoms. The van der Waals surface area contributed by atoms with Crippen LogP contribution < -0.4 is 61.5 Å². The Labute approximate surface area is 546 Å².